The molecule has 2 aromatic rings. The second-order valence-electron chi connectivity index (χ2n) is 6.12. The maximum Gasteiger partial charge on any atom is 0.338 e. The van der Waals surface area contributed by atoms with Crippen LogP contribution >= 0.6 is 0 Å². The molecule has 0 aliphatic carbocycles. The number of rotatable bonds is 7. The standard InChI is InChI=1S/C20H23NO5/c1-23-16-11-14(12-17(24-2)18(16)25-3)19(22)26-13-20(9-10-21-20)15-7-5-4-6-8-15/h4-8,11-12,21H,9-10,13H2,1-3H3. The number of methoxy groups -OCH3 is 3. The van der Waals surface area contributed by atoms with E-state index in [0.29, 0.717) is 22.8 Å². The van der Waals surface area contributed by atoms with Crippen molar-refractivity contribution in [1.82, 2.24) is 5.32 Å². The van der Waals surface area contributed by atoms with Gasteiger partial charge in [0.05, 0.1) is 32.4 Å². The zero-order valence-corrected chi connectivity index (χ0v) is 15.2. The summed E-state index contributed by atoms with van der Waals surface area (Å²) in [5, 5.41) is 3.40. The van der Waals surface area contributed by atoms with E-state index in [4.69, 9.17) is 18.9 Å². The van der Waals surface area contributed by atoms with Crippen molar-refractivity contribution in [2.75, 3.05) is 34.5 Å². The van der Waals surface area contributed by atoms with Crippen molar-refractivity contribution in [3.8, 4) is 17.2 Å². The first-order chi connectivity index (χ1) is 12.6. The van der Waals surface area contributed by atoms with Crippen LogP contribution in [0.3, 0.4) is 0 Å². The van der Waals surface area contributed by atoms with Crippen molar-refractivity contribution in [3.63, 3.8) is 0 Å². The second-order valence-corrected chi connectivity index (χ2v) is 6.12. The van der Waals surface area contributed by atoms with Gasteiger partial charge in [-0.1, -0.05) is 30.3 Å². The van der Waals surface area contributed by atoms with Crippen molar-refractivity contribution < 1.29 is 23.7 Å². The molecule has 26 heavy (non-hydrogen) atoms. The van der Waals surface area contributed by atoms with Crippen LogP contribution in [-0.2, 0) is 10.3 Å². The topological polar surface area (TPSA) is 66.0 Å². The highest BCUT2D eigenvalue weighted by atomic mass is 16.5. The van der Waals surface area contributed by atoms with E-state index in [2.05, 4.69) is 5.32 Å². The van der Waals surface area contributed by atoms with Gasteiger partial charge < -0.3 is 24.3 Å². The van der Waals surface area contributed by atoms with Crippen LogP contribution in [0.1, 0.15) is 22.3 Å². The Morgan fingerprint density at radius 3 is 2.12 bits per heavy atom. The summed E-state index contributed by atoms with van der Waals surface area (Å²) < 4.78 is 21.5. The van der Waals surface area contributed by atoms with E-state index in [1.807, 2.05) is 30.3 Å². The molecule has 1 aliphatic heterocycles. The molecule has 0 aromatic heterocycles. The van der Waals surface area contributed by atoms with Gasteiger partial charge in [0.25, 0.3) is 0 Å². The number of nitrogens with one attached hydrogen (secondary N) is 1. The number of esters is 1. The molecule has 0 radical (unpaired) electrons. The van der Waals surface area contributed by atoms with Gasteiger partial charge in [0.1, 0.15) is 6.61 Å². The fourth-order valence-corrected chi connectivity index (χ4v) is 3.11. The van der Waals surface area contributed by atoms with E-state index < -0.39 is 5.97 Å². The molecule has 1 N–H and O–H groups in total. The number of carbonyl (C=O) groups is 1. The van der Waals surface area contributed by atoms with E-state index in [0.717, 1.165) is 18.5 Å². The number of hydrogen-bond acceptors (Lipinski definition) is 6. The SMILES string of the molecule is COc1cc(C(=O)OCC2(c3ccccc3)CCN2)cc(OC)c1OC. The minimum absolute atomic E-state index is 0.256. The molecule has 3 rings (SSSR count). The Morgan fingerprint density at radius 2 is 1.65 bits per heavy atom. The summed E-state index contributed by atoms with van der Waals surface area (Å²) in [6.07, 6.45) is 0.916. The Kier molecular flexibility index (Phi) is 5.32. The first-order valence-corrected chi connectivity index (χ1v) is 8.41. The average molecular weight is 357 g/mol. The highest BCUT2D eigenvalue weighted by molar-refractivity contribution is 5.91. The van der Waals surface area contributed by atoms with Crippen molar-refractivity contribution >= 4 is 5.97 Å². The molecule has 1 aliphatic rings. The maximum absolute atomic E-state index is 12.6. The molecule has 1 fully saturated rings. The van der Waals surface area contributed by atoms with Crippen molar-refractivity contribution in [2.24, 2.45) is 0 Å². The van der Waals surface area contributed by atoms with Crippen molar-refractivity contribution in [1.29, 1.82) is 0 Å². The lowest BCUT2D eigenvalue weighted by molar-refractivity contribution is 0.0235. The van der Waals surface area contributed by atoms with Crippen LogP contribution in [0.15, 0.2) is 42.5 Å². The van der Waals surface area contributed by atoms with E-state index in [1.165, 1.54) is 21.3 Å². The Labute approximate surface area is 153 Å². The van der Waals surface area contributed by atoms with Gasteiger partial charge >= 0.3 is 5.97 Å². The summed E-state index contributed by atoms with van der Waals surface area (Å²) in [4.78, 5) is 12.6. The van der Waals surface area contributed by atoms with Crippen LogP contribution in [0.4, 0.5) is 0 Å². The predicted molar refractivity (Wildman–Crippen MR) is 97.1 cm³/mol. The van der Waals surface area contributed by atoms with Gasteiger partial charge in [-0.05, 0) is 30.7 Å². The Hall–Kier alpha value is -2.73. The van der Waals surface area contributed by atoms with Crippen LogP contribution < -0.4 is 19.5 Å². The zero-order valence-electron chi connectivity index (χ0n) is 15.2. The van der Waals surface area contributed by atoms with Gasteiger partial charge in [0, 0.05) is 0 Å². The van der Waals surface area contributed by atoms with E-state index in [1.54, 1.807) is 12.1 Å². The van der Waals surface area contributed by atoms with Crippen molar-refractivity contribution in [3.05, 3.63) is 53.6 Å². The van der Waals surface area contributed by atoms with Crippen LogP contribution in [-0.4, -0.2) is 40.5 Å². The van der Waals surface area contributed by atoms with E-state index in [9.17, 15) is 4.79 Å². The third-order valence-electron chi connectivity index (χ3n) is 4.69. The Balaban J connectivity index is 1.78. The molecular formula is C20H23NO5. The van der Waals surface area contributed by atoms with Crippen molar-refractivity contribution in [2.45, 2.75) is 12.0 Å². The molecule has 2 aromatic carbocycles. The molecule has 1 saturated heterocycles. The third kappa shape index (κ3) is 3.32. The lowest BCUT2D eigenvalue weighted by Gasteiger charge is -2.43. The lowest BCUT2D eigenvalue weighted by atomic mass is 9.81. The molecule has 0 amide bonds. The normalized spacial score (nSPS) is 18.6. The fourth-order valence-electron chi connectivity index (χ4n) is 3.11. The molecule has 0 spiro atoms. The van der Waals surface area contributed by atoms with Gasteiger partial charge in [-0.25, -0.2) is 4.79 Å². The largest absolute Gasteiger partial charge is 0.493 e. The molecule has 0 bridgehead atoms. The van der Waals surface area contributed by atoms with Gasteiger partial charge in [0.15, 0.2) is 11.5 Å². The summed E-state index contributed by atoms with van der Waals surface area (Å²) in [7, 11) is 4.54. The Morgan fingerprint density at radius 1 is 1.04 bits per heavy atom. The molecular weight excluding hydrogens is 334 g/mol. The van der Waals surface area contributed by atoms with Gasteiger partial charge in [-0.2, -0.15) is 0 Å². The summed E-state index contributed by atoms with van der Waals surface area (Å²) in [5.74, 6) is 0.831. The molecule has 138 valence electrons. The third-order valence-corrected chi connectivity index (χ3v) is 4.69. The number of ether oxygens (including phenoxy) is 4. The highest BCUT2D eigenvalue weighted by Crippen LogP contribution is 2.38. The molecule has 6 heteroatoms. The van der Waals surface area contributed by atoms with Gasteiger partial charge in [-0.15, -0.1) is 0 Å². The monoisotopic (exact) mass is 357 g/mol. The van der Waals surface area contributed by atoms with E-state index >= 15 is 0 Å². The van der Waals surface area contributed by atoms with Crippen LogP contribution in [0.2, 0.25) is 0 Å². The number of benzene rings is 2. The summed E-state index contributed by atoms with van der Waals surface area (Å²) in [6.45, 7) is 1.16. The summed E-state index contributed by atoms with van der Waals surface area (Å²) in [5.41, 5.74) is 1.14. The van der Waals surface area contributed by atoms with E-state index in [-0.39, 0.29) is 12.1 Å². The molecule has 1 atom stereocenters. The zero-order chi connectivity index (χ0) is 18.6. The first kappa shape index (κ1) is 18.1. The lowest BCUT2D eigenvalue weighted by Crippen LogP contribution is -2.57. The highest BCUT2D eigenvalue weighted by Gasteiger charge is 2.39. The molecule has 1 unspecified atom stereocenters. The Bertz CT molecular complexity index is 746. The molecule has 0 saturated carbocycles. The average Bonchev–Trinajstić information content (AvgIpc) is 2.66. The fraction of sp³-hybridized carbons (Fsp3) is 0.350. The van der Waals surface area contributed by atoms with Crippen LogP contribution in [0.5, 0.6) is 17.2 Å². The maximum atomic E-state index is 12.6. The quantitative estimate of drug-likeness (QED) is 0.769. The van der Waals surface area contributed by atoms with Crippen LogP contribution in [0.25, 0.3) is 0 Å². The number of hydrogen-bond donors (Lipinski definition) is 1. The number of carbonyl (C=O) groups excluding carboxylic acids is 1. The van der Waals surface area contributed by atoms with Gasteiger partial charge in [-0.3, -0.25) is 0 Å². The minimum atomic E-state index is -0.437. The summed E-state index contributed by atoms with van der Waals surface area (Å²) in [6, 6.07) is 13.2. The molecule has 1 heterocycles. The minimum Gasteiger partial charge on any atom is -0.493 e. The van der Waals surface area contributed by atoms with Gasteiger partial charge in [0.2, 0.25) is 5.75 Å². The first-order valence-electron chi connectivity index (χ1n) is 8.41. The smallest absolute Gasteiger partial charge is 0.338 e. The summed E-state index contributed by atoms with van der Waals surface area (Å²) >= 11 is 0. The van der Waals surface area contributed by atoms with Crippen LogP contribution in [0, 0.1) is 0 Å². The molecule has 6 nitrogen and oxygen atoms in total. The second kappa shape index (κ2) is 7.66. The predicted octanol–water partition coefficient (Wildman–Crippen LogP) is 2.76.